The molecule has 1 aromatic carbocycles. The van der Waals surface area contributed by atoms with Crippen LogP contribution in [0.4, 0.5) is 5.95 Å². The Balaban J connectivity index is 1.51. The van der Waals surface area contributed by atoms with Crippen molar-refractivity contribution in [3.05, 3.63) is 56.2 Å². The second kappa shape index (κ2) is 7.21. The van der Waals surface area contributed by atoms with Crippen molar-refractivity contribution in [2.45, 2.75) is 6.61 Å². The lowest BCUT2D eigenvalue weighted by Gasteiger charge is -2.34. The number of fused-ring (bicyclic) bond motifs is 1. The van der Waals surface area contributed by atoms with Crippen molar-refractivity contribution in [3.63, 3.8) is 0 Å². The first-order valence-electron chi connectivity index (χ1n) is 9.30. The summed E-state index contributed by atoms with van der Waals surface area (Å²) >= 11 is 0. The predicted molar refractivity (Wildman–Crippen MR) is 107 cm³/mol. The Morgan fingerprint density at radius 1 is 1.07 bits per heavy atom. The third kappa shape index (κ3) is 3.21. The standard InChI is InChI=1S/C19H22N6O4/c1-22-15-14(17(28)23(2)19(22)29)20-18(21-15)25-9-7-24(8-10-25)16(27)13-5-3-12(11-26)4-6-13/h3-6,26H,7-11H2,1-2H3,(H,20,21). The minimum atomic E-state index is -0.428. The minimum absolute atomic E-state index is 0.0562. The van der Waals surface area contributed by atoms with Crippen molar-refractivity contribution in [1.29, 1.82) is 0 Å². The van der Waals surface area contributed by atoms with Crippen LogP contribution in [-0.4, -0.2) is 61.2 Å². The van der Waals surface area contributed by atoms with Crippen LogP contribution in [0.1, 0.15) is 15.9 Å². The van der Waals surface area contributed by atoms with Gasteiger partial charge in [0.25, 0.3) is 11.5 Å². The number of aliphatic hydroxyl groups excluding tert-OH is 1. The fourth-order valence-corrected chi connectivity index (χ4v) is 3.52. The van der Waals surface area contributed by atoms with Crippen molar-refractivity contribution in [3.8, 4) is 0 Å². The zero-order valence-corrected chi connectivity index (χ0v) is 16.3. The van der Waals surface area contributed by atoms with E-state index in [1.807, 2.05) is 4.90 Å². The molecule has 0 aliphatic carbocycles. The van der Waals surface area contributed by atoms with E-state index in [2.05, 4.69) is 9.97 Å². The number of aromatic nitrogens is 4. The first kappa shape index (κ1) is 18.9. The lowest BCUT2D eigenvalue weighted by molar-refractivity contribution is 0.0746. The molecule has 1 fully saturated rings. The summed E-state index contributed by atoms with van der Waals surface area (Å²) in [4.78, 5) is 48.3. The van der Waals surface area contributed by atoms with E-state index >= 15 is 0 Å². The maximum Gasteiger partial charge on any atom is 0.332 e. The molecule has 0 saturated carbocycles. The van der Waals surface area contributed by atoms with E-state index < -0.39 is 11.2 Å². The fraction of sp³-hybridized carbons (Fsp3) is 0.368. The second-order valence-corrected chi connectivity index (χ2v) is 7.10. The van der Waals surface area contributed by atoms with Gasteiger partial charge >= 0.3 is 5.69 Å². The SMILES string of the molecule is Cn1c(=O)c2[nH]c(N3CCN(C(=O)c4ccc(CO)cc4)CC3)nc2n(C)c1=O. The topological polar surface area (TPSA) is 116 Å². The Bertz CT molecular complexity index is 1180. The fourth-order valence-electron chi connectivity index (χ4n) is 3.52. The van der Waals surface area contributed by atoms with E-state index in [0.29, 0.717) is 43.3 Å². The normalized spacial score (nSPS) is 14.6. The molecular weight excluding hydrogens is 376 g/mol. The molecular formula is C19H22N6O4. The number of nitrogens with zero attached hydrogens (tertiary/aromatic N) is 5. The number of carbonyl (C=O) groups is 1. The molecule has 0 bridgehead atoms. The lowest BCUT2D eigenvalue weighted by atomic mass is 10.1. The largest absolute Gasteiger partial charge is 0.392 e. The number of hydrogen-bond acceptors (Lipinski definition) is 6. The maximum absolute atomic E-state index is 12.7. The highest BCUT2D eigenvalue weighted by atomic mass is 16.3. The van der Waals surface area contributed by atoms with Gasteiger partial charge in [-0.05, 0) is 17.7 Å². The molecule has 0 spiro atoms. The van der Waals surface area contributed by atoms with Gasteiger partial charge < -0.3 is 19.9 Å². The smallest absolute Gasteiger partial charge is 0.332 e. The molecule has 152 valence electrons. The number of rotatable bonds is 3. The van der Waals surface area contributed by atoms with Gasteiger partial charge in [0.15, 0.2) is 11.2 Å². The van der Waals surface area contributed by atoms with Crippen LogP contribution in [0.15, 0.2) is 33.9 Å². The average Bonchev–Trinajstić information content (AvgIpc) is 3.21. The van der Waals surface area contributed by atoms with Crippen LogP contribution in [0, 0.1) is 0 Å². The van der Waals surface area contributed by atoms with Crippen LogP contribution in [-0.2, 0) is 20.7 Å². The van der Waals surface area contributed by atoms with Gasteiger partial charge in [0, 0.05) is 45.8 Å². The Morgan fingerprint density at radius 2 is 1.72 bits per heavy atom. The van der Waals surface area contributed by atoms with Crippen LogP contribution >= 0.6 is 0 Å². The van der Waals surface area contributed by atoms with E-state index in [1.54, 1.807) is 36.2 Å². The molecule has 1 saturated heterocycles. The van der Waals surface area contributed by atoms with E-state index in [1.165, 1.54) is 11.6 Å². The van der Waals surface area contributed by atoms with Crippen LogP contribution in [0.2, 0.25) is 0 Å². The number of carbonyl (C=O) groups excluding carboxylic acids is 1. The van der Waals surface area contributed by atoms with Gasteiger partial charge in [0.2, 0.25) is 5.95 Å². The van der Waals surface area contributed by atoms with Gasteiger partial charge in [0.05, 0.1) is 6.61 Å². The average molecular weight is 398 g/mol. The van der Waals surface area contributed by atoms with Crippen LogP contribution in [0.3, 0.4) is 0 Å². The van der Waals surface area contributed by atoms with Gasteiger partial charge in [0.1, 0.15) is 0 Å². The van der Waals surface area contributed by atoms with Crippen molar-refractivity contribution < 1.29 is 9.90 Å². The predicted octanol–water partition coefficient (Wildman–Crippen LogP) is -0.585. The summed E-state index contributed by atoms with van der Waals surface area (Å²) in [5.74, 6) is 0.452. The van der Waals surface area contributed by atoms with E-state index in [0.717, 1.165) is 10.1 Å². The van der Waals surface area contributed by atoms with Crippen LogP contribution in [0.5, 0.6) is 0 Å². The Morgan fingerprint density at radius 3 is 2.34 bits per heavy atom. The van der Waals surface area contributed by atoms with E-state index in [9.17, 15) is 14.4 Å². The van der Waals surface area contributed by atoms with Gasteiger partial charge in [-0.2, -0.15) is 4.98 Å². The summed E-state index contributed by atoms with van der Waals surface area (Å²) < 4.78 is 2.38. The quantitative estimate of drug-likeness (QED) is 0.610. The number of aliphatic hydroxyl groups is 1. The molecule has 3 heterocycles. The lowest BCUT2D eigenvalue weighted by Crippen LogP contribution is -2.49. The highest BCUT2D eigenvalue weighted by molar-refractivity contribution is 5.94. The third-order valence-electron chi connectivity index (χ3n) is 5.33. The van der Waals surface area contributed by atoms with E-state index in [4.69, 9.17) is 5.11 Å². The molecule has 0 unspecified atom stereocenters. The summed E-state index contributed by atoms with van der Waals surface area (Å²) in [5, 5.41) is 9.12. The van der Waals surface area contributed by atoms with Crippen molar-refractivity contribution in [1.82, 2.24) is 24.0 Å². The number of hydrogen-bond donors (Lipinski definition) is 2. The summed E-state index contributed by atoms with van der Waals surface area (Å²) in [6.07, 6.45) is 0. The van der Waals surface area contributed by atoms with Crippen LogP contribution < -0.4 is 16.1 Å². The third-order valence-corrected chi connectivity index (χ3v) is 5.33. The van der Waals surface area contributed by atoms with Gasteiger partial charge in [-0.15, -0.1) is 0 Å². The van der Waals surface area contributed by atoms with Gasteiger partial charge in [-0.25, -0.2) is 4.79 Å². The molecule has 2 aromatic heterocycles. The van der Waals surface area contributed by atoms with Crippen molar-refractivity contribution >= 4 is 23.0 Å². The minimum Gasteiger partial charge on any atom is -0.392 e. The molecule has 0 radical (unpaired) electrons. The number of H-pyrrole nitrogens is 1. The molecule has 4 rings (SSSR count). The number of amides is 1. The monoisotopic (exact) mass is 398 g/mol. The first-order valence-corrected chi connectivity index (χ1v) is 9.30. The number of aromatic amines is 1. The Labute approximate surface area is 165 Å². The molecule has 2 N–H and O–H groups in total. The van der Waals surface area contributed by atoms with Crippen molar-refractivity contribution in [2.24, 2.45) is 14.1 Å². The molecule has 1 amide bonds. The highest BCUT2D eigenvalue weighted by Crippen LogP contribution is 2.17. The molecule has 3 aromatic rings. The Kier molecular flexibility index (Phi) is 4.71. The van der Waals surface area contributed by atoms with Crippen LogP contribution in [0.25, 0.3) is 11.2 Å². The molecule has 0 atom stereocenters. The van der Waals surface area contributed by atoms with E-state index in [-0.39, 0.29) is 18.0 Å². The summed E-state index contributed by atoms with van der Waals surface area (Å²) in [7, 11) is 3.01. The molecule has 1 aliphatic rings. The number of aryl methyl sites for hydroxylation is 1. The second-order valence-electron chi connectivity index (χ2n) is 7.10. The molecule has 29 heavy (non-hydrogen) atoms. The summed E-state index contributed by atoms with van der Waals surface area (Å²) in [6.45, 7) is 2.06. The number of piperazine rings is 1. The highest BCUT2D eigenvalue weighted by Gasteiger charge is 2.25. The van der Waals surface area contributed by atoms with Gasteiger partial charge in [-0.3, -0.25) is 18.7 Å². The maximum atomic E-state index is 12.7. The molecule has 10 heteroatoms. The zero-order chi connectivity index (χ0) is 20.7. The Hall–Kier alpha value is -3.40. The number of benzene rings is 1. The summed E-state index contributed by atoms with van der Waals surface area (Å²) in [6, 6.07) is 6.91. The number of nitrogens with one attached hydrogen (secondary N) is 1. The summed E-state index contributed by atoms with van der Waals surface area (Å²) in [5.41, 5.74) is 1.10. The first-order chi connectivity index (χ1) is 13.9. The molecule has 1 aliphatic heterocycles. The number of imidazole rings is 1. The van der Waals surface area contributed by atoms with Crippen molar-refractivity contribution in [2.75, 3.05) is 31.1 Å². The molecule has 10 nitrogen and oxygen atoms in total. The van der Waals surface area contributed by atoms with Gasteiger partial charge in [-0.1, -0.05) is 12.1 Å². The number of anilines is 1. The zero-order valence-electron chi connectivity index (χ0n) is 16.3.